The molecular formula is C15H20N2O2. The number of fused-ring (bicyclic) bond motifs is 1. The van der Waals surface area contributed by atoms with E-state index in [2.05, 4.69) is 35.0 Å². The van der Waals surface area contributed by atoms with Gasteiger partial charge in [0, 0.05) is 42.3 Å². The highest BCUT2D eigenvalue weighted by Crippen LogP contribution is 2.25. The van der Waals surface area contributed by atoms with Crippen molar-refractivity contribution >= 4 is 10.9 Å². The summed E-state index contributed by atoms with van der Waals surface area (Å²) in [4.78, 5) is 5.48. The molecule has 3 rings (SSSR count). The molecule has 1 atom stereocenters. The van der Waals surface area contributed by atoms with Gasteiger partial charge in [-0.2, -0.15) is 0 Å². The van der Waals surface area contributed by atoms with E-state index >= 15 is 0 Å². The quantitative estimate of drug-likeness (QED) is 0.885. The van der Waals surface area contributed by atoms with Gasteiger partial charge >= 0.3 is 0 Å². The maximum absolute atomic E-state index is 10.4. The molecule has 19 heavy (non-hydrogen) atoms. The molecule has 1 aliphatic heterocycles. The van der Waals surface area contributed by atoms with Crippen molar-refractivity contribution in [1.29, 1.82) is 0 Å². The highest BCUT2D eigenvalue weighted by molar-refractivity contribution is 5.84. The Kier molecular flexibility index (Phi) is 3.55. The van der Waals surface area contributed by atoms with E-state index in [1.54, 1.807) is 0 Å². The van der Waals surface area contributed by atoms with Gasteiger partial charge in [0.1, 0.15) is 0 Å². The largest absolute Gasteiger partial charge is 0.387 e. The number of benzene rings is 1. The Bertz CT molecular complexity index is 558. The van der Waals surface area contributed by atoms with Crippen LogP contribution in [0.25, 0.3) is 10.9 Å². The van der Waals surface area contributed by atoms with Gasteiger partial charge in [-0.25, -0.2) is 0 Å². The molecule has 102 valence electrons. The summed E-state index contributed by atoms with van der Waals surface area (Å²) >= 11 is 0. The minimum absolute atomic E-state index is 0.450. The number of ether oxygens (including phenoxy) is 1. The maximum Gasteiger partial charge on any atom is 0.0937 e. The van der Waals surface area contributed by atoms with Crippen LogP contribution in [0.4, 0.5) is 0 Å². The molecule has 1 aliphatic rings. The van der Waals surface area contributed by atoms with Gasteiger partial charge in [-0.05, 0) is 19.1 Å². The zero-order chi connectivity index (χ0) is 13.2. The van der Waals surface area contributed by atoms with Gasteiger partial charge < -0.3 is 14.8 Å². The van der Waals surface area contributed by atoms with Crippen molar-refractivity contribution in [3.8, 4) is 0 Å². The Hall–Kier alpha value is -1.36. The van der Waals surface area contributed by atoms with Gasteiger partial charge in [-0.1, -0.05) is 11.6 Å². The van der Waals surface area contributed by atoms with Crippen molar-refractivity contribution in [1.82, 2.24) is 9.88 Å². The summed E-state index contributed by atoms with van der Waals surface area (Å²) in [5.41, 5.74) is 3.29. The zero-order valence-electron chi connectivity index (χ0n) is 11.2. The summed E-state index contributed by atoms with van der Waals surface area (Å²) in [5, 5.41) is 11.6. The van der Waals surface area contributed by atoms with Gasteiger partial charge in [-0.3, -0.25) is 4.90 Å². The number of hydrogen-bond acceptors (Lipinski definition) is 3. The number of aromatic nitrogens is 1. The molecule has 0 radical (unpaired) electrons. The molecule has 1 saturated heterocycles. The van der Waals surface area contributed by atoms with Crippen LogP contribution in [-0.4, -0.2) is 47.8 Å². The van der Waals surface area contributed by atoms with E-state index in [9.17, 15) is 5.11 Å². The first-order valence-electron chi connectivity index (χ1n) is 6.80. The van der Waals surface area contributed by atoms with Crippen LogP contribution in [0.1, 0.15) is 17.2 Å². The minimum atomic E-state index is -0.450. The van der Waals surface area contributed by atoms with Crippen LogP contribution in [0.5, 0.6) is 0 Å². The molecule has 0 spiro atoms. The van der Waals surface area contributed by atoms with Gasteiger partial charge in [0.25, 0.3) is 0 Å². The number of aliphatic hydroxyl groups excluding tert-OH is 1. The smallest absolute Gasteiger partial charge is 0.0937 e. The molecule has 0 aliphatic carbocycles. The van der Waals surface area contributed by atoms with E-state index in [4.69, 9.17) is 4.74 Å². The van der Waals surface area contributed by atoms with Crippen LogP contribution in [0.3, 0.4) is 0 Å². The van der Waals surface area contributed by atoms with E-state index in [1.807, 2.05) is 6.20 Å². The lowest BCUT2D eigenvalue weighted by atomic mass is 10.1. The number of H-pyrrole nitrogens is 1. The molecule has 2 heterocycles. The average Bonchev–Trinajstić information content (AvgIpc) is 2.82. The molecule has 2 N–H and O–H groups in total. The summed E-state index contributed by atoms with van der Waals surface area (Å²) in [6, 6.07) is 6.27. The monoisotopic (exact) mass is 260 g/mol. The second kappa shape index (κ2) is 5.33. The van der Waals surface area contributed by atoms with Crippen LogP contribution in [-0.2, 0) is 4.74 Å². The van der Waals surface area contributed by atoms with Crippen molar-refractivity contribution in [3.63, 3.8) is 0 Å². The Morgan fingerprint density at radius 3 is 2.95 bits per heavy atom. The Morgan fingerprint density at radius 1 is 1.37 bits per heavy atom. The van der Waals surface area contributed by atoms with E-state index in [0.717, 1.165) is 42.8 Å². The molecule has 2 aromatic rings. The van der Waals surface area contributed by atoms with Crippen molar-refractivity contribution in [2.24, 2.45) is 0 Å². The van der Waals surface area contributed by atoms with E-state index in [1.165, 1.54) is 5.56 Å². The predicted octanol–water partition coefficient (Wildman–Crippen LogP) is 1.84. The number of aromatic amines is 1. The Labute approximate surface area is 113 Å². The first kappa shape index (κ1) is 12.7. The molecule has 1 aromatic carbocycles. The number of β-amino-alcohol motifs (C(OH)–C–C–N with tert-alkyl or cyclic N) is 1. The van der Waals surface area contributed by atoms with Crippen LogP contribution < -0.4 is 0 Å². The molecule has 4 nitrogen and oxygen atoms in total. The first-order valence-corrected chi connectivity index (χ1v) is 6.80. The lowest BCUT2D eigenvalue weighted by Gasteiger charge is -2.28. The van der Waals surface area contributed by atoms with Crippen molar-refractivity contribution in [2.45, 2.75) is 13.0 Å². The number of morpholine rings is 1. The lowest BCUT2D eigenvalue weighted by Crippen LogP contribution is -2.38. The number of rotatable bonds is 3. The van der Waals surface area contributed by atoms with E-state index < -0.39 is 6.10 Å². The van der Waals surface area contributed by atoms with Crippen molar-refractivity contribution < 1.29 is 9.84 Å². The summed E-state index contributed by atoms with van der Waals surface area (Å²) < 4.78 is 5.33. The normalized spacial score (nSPS) is 18.8. The lowest BCUT2D eigenvalue weighted by molar-refractivity contribution is 0.0146. The van der Waals surface area contributed by atoms with Gasteiger partial charge in [-0.15, -0.1) is 0 Å². The molecule has 0 bridgehead atoms. The zero-order valence-corrected chi connectivity index (χ0v) is 11.2. The fourth-order valence-corrected chi connectivity index (χ4v) is 2.66. The molecule has 0 amide bonds. The van der Waals surface area contributed by atoms with Crippen LogP contribution >= 0.6 is 0 Å². The van der Waals surface area contributed by atoms with Crippen molar-refractivity contribution in [3.05, 3.63) is 35.5 Å². The van der Waals surface area contributed by atoms with Crippen molar-refractivity contribution in [2.75, 3.05) is 32.8 Å². The third-order valence-electron chi connectivity index (χ3n) is 3.76. The van der Waals surface area contributed by atoms with E-state index in [0.29, 0.717) is 6.54 Å². The topological polar surface area (TPSA) is 48.5 Å². The molecule has 1 fully saturated rings. The Morgan fingerprint density at radius 2 is 2.16 bits per heavy atom. The summed E-state index contributed by atoms with van der Waals surface area (Å²) in [7, 11) is 0. The molecular weight excluding hydrogens is 240 g/mol. The van der Waals surface area contributed by atoms with Crippen LogP contribution in [0, 0.1) is 6.92 Å². The fourth-order valence-electron chi connectivity index (χ4n) is 2.66. The third kappa shape index (κ3) is 2.66. The van der Waals surface area contributed by atoms with Crippen LogP contribution in [0.15, 0.2) is 24.4 Å². The second-order valence-electron chi connectivity index (χ2n) is 5.22. The predicted molar refractivity (Wildman–Crippen MR) is 75.3 cm³/mol. The minimum Gasteiger partial charge on any atom is -0.387 e. The van der Waals surface area contributed by atoms with Crippen LogP contribution in [0.2, 0.25) is 0 Å². The molecule has 1 aromatic heterocycles. The highest BCUT2D eigenvalue weighted by Gasteiger charge is 2.18. The average molecular weight is 260 g/mol. The number of nitrogens with one attached hydrogen (secondary N) is 1. The number of nitrogens with zero attached hydrogens (tertiary/aromatic N) is 1. The maximum atomic E-state index is 10.4. The highest BCUT2D eigenvalue weighted by atomic mass is 16.5. The fraction of sp³-hybridized carbons (Fsp3) is 0.467. The van der Waals surface area contributed by atoms with Gasteiger partial charge in [0.15, 0.2) is 0 Å². The number of aliphatic hydroxyl groups is 1. The molecule has 4 heteroatoms. The number of aryl methyl sites for hydroxylation is 1. The molecule has 0 saturated carbocycles. The van der Waals surface area contributed by atoms with E-state index in [-0.39, 0.29) is 0 Å². The summed E-state index contributed by atoms with van der Waals surface area (Å²) in [6.45, 7) is 6.07. The standard InChI is InChI=1S/C15H20N2O2/c1-11-2-3-14-12(8-11)13(9-16-14)15(18)10-17-4-6-19-7-5-17/h2-3,8-9,15-16,18H,4-7,10H2,1H3. The van der Waals surface area contributed by atoms with Gasteiger partial charge in [0.2, 0.25) is 0 Å². The summed E-state index contributed by atoms with van der Waals surface area (Å²) in [5.74, 6) is 0. The molecule has 1 unspecified atom stereocenters. The first-order chi connectivity index (χ1) is 9.24. The third-order valence-corrected chi connectivity index (χ3v) is 3.76. The second-order valence-corrected chi connectivity index (χ2v) is 5.22. The Balaban J connectivity index is 1.80. The number of hydrogen-bond donors (Lipinski definition) is 2. The summed E-state index contributed by atoms with van der Waals surface area (Å²) in [6.07, 6.45) is 1.48. The SMILES string of the molecule is Cc1ccc2[nH]cc(C(O)CN3CCOCC3)c2c1. The van der Waals surface area contributed by atoms with Gasteiger partial charge in [0.05, 0.1) is 19.3 Å².